The van der Waals surface area contributed by atoms with Crippen molar-refractivity contribution < 1.29 is 14.0 Å². The van der Waals surface area contributed by atoms with Crippen molar-refractivity contribution >= 4 is 33.4 Å². The van der Waals surface area contributed by atoms with Crippen LogP contribution in [-0.4, -0.2) is 34.4 Å². The van der Waals surface area contributed by atoms with Gasteiger partial charge < -0.3 is 15.2 Å². The molecule has 1 fully saturated rings. The highest BCUT2D eigenvalue weighted by atomic mass is 32.1. The summed E-state index contributed by atoms with van der Waals surface area (Å²) in [5.41, 5.74) is 6.48. The molecular weight excluding hydrogens is 365 g/mol. The van der Waals surface area contributed by atoms with Gasteiger partial charge in [0.2, 0.25) is 5.91 Å². The lowest BCUT2D eigenvalue weighted by Gasteiger charge is -2.30. The van der Waals surface area contributed by atoms with Crippen LogP contribution in [-0.2, 0) is 11.3 Å². The minimum atomic E-state index is -0.300. The fraction of sp³-hybridized carbons (Fsp3) is 0.300. The number of halogens is 1. The number of primary amides is 1. The standard InChI is InChI=1S/C20H20FN3O2S/c21-16-4-2-1-3-15(16)12-24-17(11-14-7-10-27-20(14)24)19(26)23-8-5-13(6-9-23)18(22)25/h1-4,7,10-11,13H,5-6,8-9,12H2,(H2,22,25). The average molecular weight is 385 g/mol. The Bertz CT molecular complexity index is 1000. The molecule has 3 aromatic rings. The maximum Gasteiger partial charge on any atom is 0.270 e. The van der Waals surface area contributed by atoms with E-state index >= 15 is 0 Å². The van der Waals surface area contributed by atoms with Gasteiger partial charge >= 0.3 is 0 Å². The quantitative estimate of drug-likeness (QED) is 0.749. The number of amides is 2. The monoisotopic (exact) mass is 385 g/mol. The van der Waals surface area contributed by atoms with Crippen LogP contribution in [0.1, 0.15) is 28.9 Å². The first-order chi connectivity index (χ1) is 13.0. The van der Waals surface area contributed by atoms with E-state index in [1.54, 1.807) is 23.1 Å². The Morgan fingerprint density at radius 2 is 1.93 bits per heavy atom. The number of benzene rings is 1. The number of aromatic nitrogens is 1. The van der Waals surface area contributed by atoms with E-state index in [1.807, 2.05) is 22.1 Å². The lowest BCUT2D eigenvalue weighted by Crippen LogP contribution is -2.42. The van der Waals surface area contributed by atoms with E-state index in [4.69, 9.17) is 5.73 Å². The molecule has 0 bridgehead atoms. The van der Waals surface area contributed by atoms with Crippen molar-refractivity contribution in [2.75, 3.05) is 13.1 Å². The molecule has 0 spiro atoms. The van der Waals surface area contributed by atoms with Gasteiger partial charge in [-0.1, -0.05) is 18.2 Å². The van der Waals surface area contributed by atoms with Crippen LogP contribution >= 0.6 is 11.3 Å². The van der Waals surface area contributed by atoms with Crippen molar-refractivity contribution in [2.24, 2.45) is 11.7 Å². The first-order valence-corrected chi connectivity index (χ1v) is 9.81. The first kappa shape index (κ1) is 17.7. The summed E-state index contributed by atoms with van der Waals surface area (Å²) in [5.74, 6) is -0.831. The maximum absolute atomic E-state index is 14.2. The number of hydrogen-bond donors (Lipinski definition) is 1. The van der Waals surface area contributed by atoms with Crippen LogP contribution in [0.4, 0.5) is 4.39 Å². The molecule has 2 aromatic heterocycles. The van der Waals surface area contributed by atoms with E-state index in [-0.39, 0.29) is 23.5 Å². The van der Waals surface area contributed by atoms with Crippen LogP contribution in [0.3, 0.4) is 0 Å². The lowest BCUT2D eigenvalue weighted by molar-refractivity contribution is -0.123. The molecule has 1 aliphatic heterocycles. The smallest absolute Gasteiger partial charge is 0.270 e. The van der Waals surface area contributed by atoms with Gasteiger partial charge in [-0.15, -0.1) is 11.3 Å². The summed E-state index contributed by atoms with van der Waals surface area (Å²) < 4.78 is 16.1. The van der Waals surface area contributed by atoms with Gasteiger partial charge in [0.05, 0.1) is 6.54 Å². The molecule has 1 aromatic carbocycles. The van der Waals surface area contributed by atoms with E-state index in [9.17, 15) is 14.0 Å². The molecular formula is C20H20FN3O2S. The van der Waals surface area contributed by atoms with E-state index in [0.717, 1.165) is 10.2 Å². The second-order valence-electron chi connectivity index (χ2n) is 6.86. The van der Waals surface area contributed by atoms with Crippen molar-refractivity contribution in [1.82, 2.24) is 9.47 Å². The zero-order valence-electron chi connectivity index (χ0n) is 14.7. The molecule has 5 nitrogen and oxygen atoms in total. The first-order valence-electron chi connectivity index (χ1n) is 8.93. The number of fused-ring (bicyclic) bond motifs is 1. The summed E-state index contributed by atoms with van der Waals surface area (Å²) in [4.78, 5) is 27.2. The molecule has 2 amide bonds. The fourth-order valence-corrected chi connectivity index (χ4v) is 4.53. The summed E-state index contributed by atoms with van der Waals surface area (Å²) in [6.07, 6.45) is 1.17. The van der Waals surface area contributed by atoms with Crippen molar-refractivity contribution in [3.8, 4) is 0 Å². The Hall–Kier alpha value is -2.67. The molecule has 0 radical (unpaired) electrons. The number of thiophene rings is 1. The van der Waals surface area contributed by atoms with Gasteiger partial charge in [-0.2, -0.15) is 0 Å². The summed E-state index contributed by atoms with van der Waals surface area (Å²) in [7, 11) is 0. The molecule has 7 heteroatoms. The van der Waals surface area contributed by atoms with Crippen LogP contribution < -0.4 is 5.73 Å². The van der Waals surface area contributed by atoms with E-state index in [2.05, 4.69) is 0 Å². The van der Waals surface area contributed by atoms with Crippen molar-refractivity contribution in [2.45, 2.75) is 19.4 Å². The predicted octanol–water partition coefficient (Wildman–Crippen LogP) is 3.23. The molecule has 0 unspecified atom stereocenters. The number of hydrogen-bond acceptors (Lipinski definition) is 3. The van der Waals surface area contributed by atoms with Crippen molar-refractivity contribution in [3.63, 3.8) is 0 Å². The van der Waals surface area contributed by atoms with E-state index in [1.165, 1.54) is 17.4 Å². The highest BCUT2D eigenvalue weighted by Gasteiger charge is 2.28. The van der Waals surface area contributed by atoms with Gasteiger partial charge in [-0.3, -0.25) is 9.59 Å². The van der Waals surface area contributed by atoms with Crippen LogP contribution in [0, 0.1) is 11.7 Å². The summed E-state index contributed by atoms with van der Waals surface area (Å²) in [6, 6.07) is 10.5. The van der Waals surface area contributed by atoms with Crippen molar-refractivity contribution in [1.29, 1.82) is 0 Å². The Balaban J connectivity index is 1.64. The highest BCUT2D eigenvalue weighted by molar-refractivity contribution is 7.16. The Morgan fingerprint density at radius 3 is 2.63 bits per heavy atom. The topological polar surface area (TPSA) is 68.3 Å². The largest absolute Gasteiger partial charge is 0.369 e. The second-order valence-corrected chi connectivity index (χ2v) is 7.75. The van der Waals surface area contributed by atoms with Gasteiger partial charge in [0.25, 0.3) is 5.91 Å². The molecule has 0 aliphatic carbocycles. The summed E-state index contributed by atoms with van der Waals surface area (Å²) >= 11 is 1.54. The molecule has 1 aliphatic rings. The molecule has 140 valence electrons. The molecule has 1 saturated heterocycles. The molecule has 4 rings (SSSR count). The Kier molecular flexibility index (Phi) is 4.70. The minimum Gasteiger partial charge on any atom is -0.369 e. The third-order valence-corrected chi connectivity index (χ3v) is 6.14. The SMILES string of the molecule is NC(=O)C1CCN(C(=O)c2cc3ccsc3n2Cc2ccccc2F)CC1. The Labute approximate surface area is 160 Å². The number of nitrogens with two attached hydrogens (primary N) is 1. The van der Waals surface area contributed by atoms with Crippen LogP contribution in [0.2, 0.25) is 0 Å². The number of piperidine rings is 1. The van der Waals surface area contributed by atoms with Crippen molar-refractivity contribution in [3.05, 3.63) is 58.9 Å². The van der Waals surface area contributed by atoms with Gasteiger partial charge in [-0.25, -0.2) is 4.39 Å². The number of rotatable bonds is 4. The van der Waals surface area contributed by atoms with Crippen LogP contribution in [0.25, 0.3) is 10.2 Å². The third kappa shape index (κ3) is 3.35. The molecule has 0 saturated carbocycles. The number of likely N-dealkylation sites (tertiary alicyclic amines) is 1. The fourth-order valence-electron chi connectivity index (χ4n) is 3.64. The average Bonchev–Trinajstić information content (AvgIpc) is 3.25. The van der Waals surface area contributed by atoms with Gasteiger partial charge in [-0.05, 0) is 36.4 Å². The number of nitrogens with zero attached hydrogens (tertiary/aromatic N) is 2. The molecule has 0 atom stereocenters. The van der Waals surface area contributed by atoms with Crippen LogP contribution in [0.5, 0.6) is 0 Å². The summed E-state index contributed by atoms with van der Waals surface area (Å²) in [6.45, 7) is 1.31. The zero-order valence-corrected chi connectivity index (χ0v) is 15.5. The van der Waals surface area contributed by atoms with Gasteiger partial charge in [0, 0.05) is 30.0 Å². The molecule has 27 heavy (non-hydrogen) atoms. The molecule has 2 N–H and O–H groups in total. The maximum atomic E-state index is 14.2. The second kappa shape index (κ2) is 7.15. The zero-order chi connectivity index (χ0) is 19.0. The molecule has 3 heterocycles. The van der Waals surface area contributed by atoms with E-state index in [0.29, 0.717) is 43.7 Å². The van der Waals surface area contributed by atoms with Crippen LogP contribution in [0.15, 0.2) is 41.8 Å². The third-order valence-electron chi connectivity index (χ3n) is 5.19. The minimum absolute atomic E-state index is 0.0855. The van der Waals surface area contributed by atoms with E-state index < -0.39 is 0 Å². The normalized spacial score (nSPS) is 15.4. The van der Waals surface area contributed by atoms with Gasteiger partial charge in [0.1, 0.15) is 16.3 Å². The number of carbonyl (C=O) groups excluding carboxylic acids is 2. The summed E-state index contributed by atoms with van der Waals surface area (Å²) in [5, 5.41) is 2.95. The predicted molar refractivity (Wildman–Crippen MR) is 103 cm³/mol. The van der Waals surface area contributed by atoms with Gasteiger partial charge in [0.15, 0.2) is 0 Å². The highest BCUT2D eigenvalue weighted by Crippen LogP contribution is 2.28. The lowest BCUT2D eigenvalue weighted by atomic mass is 9.96. The Morgan fingerprint density at radius 1 is 1.19 bits per heavy atom. The number of carbonyl (C=O) groups is 2.